The summed E-state index contributed by atoms with van der Waals surface area (Å²) in [5, 5.41) is 13.9. The lowest BCUT2D eigenvalue weighted by atomic mass is 9.86. The summed E-state index contributed by atoms with van der Waals surface area (Å²) in [6.07, 6.45) is 0. The fraction of sp³-hybridized carbons (Fsp3) is 0.267. The molecule has 1 aliphatic rings. The van der Waals surface area contributed by atoms with Gasteiger partial charge in [0.2, 0.25) is 0 Å². The molecule has 2 N–H and O–H groups in total. The van der Waals surface area contributed by atoms with Crippen LogP contribution in [0.2, 0.25) is 0 Å². The fourth-order valence-electron chi connectivity index (χ4n) is 2.40. The normalized spacial score (nSPS) is 21.0. The maximum Gasteiger partial charge on any atom is 0.319 e. The van der Waals surface area contributed by atoms with Crippen molar-refractivity contribution in [1.29, 1.82) is 5.26 Å². The van der Waals surface area contributed by atoms with E-state index in [1.54, 1.807) is 24.3 Å². The number of hydrogen-bond acceptors (Lipinski definition) is 4. The van der Waals surface area contributed by atoms with Crippen molar-refractivity contribution in [1.82, 2.24) is 10.6 Å². The number of urea groups is 1. The highest BCUT2D eigenvalue weighted by Crippen LogP contribution is 2.35. The van der Waals surface area contributed by atoms with Gasteiger partial charge in [0.05, 0.1) is 12.0 Å². The monoisotopic (exact) mass is 285 g/mol. The first-order chi connectivity index (χ1) is 10.0. The van der Waals surface area contributed by atoms with E-state index in [0.29, 0.717) is 17.0 Å². The Morgan fingerprint density at radius 1 is 1.48 bits per heavy atom. The summed E-state index contributed by atoms with van der Waals surface area (Å²) in [6.45, 7) is 5.08. The predicted octanol–water partition coefficient (Wildman–Crippen LogP) is 1.66. The minimum Gasteiger partial charge on any atom is -0.478 e. The summed E-state index contributed by atoms with van der Waals surface area (Å²) >= 11 is 0. The zero-order valence-electron chi connectivity index (χ0n) is 11.6. The molecular weight excluding hydrogens is 270 g/mol. The molecule has 0 bridgehead atoms. The largest absolute Gasteiger partial charge is 0.478 e. The molecule has 0 saturated carbocycles. The lowest BCUT2D eigenvalue weighted by Crippen LogP contribution is -2.50. The van der Waals surface area contributed by atoms with E-state index in [1.165, 1.54) is 6.92 Å². The van der Waals surface area contributed by atoms with Crippen LogP contribution in [-0.2, 0) is 4.79 Å². The standard InChI is InChI=1S/C15H15N3O3/c1-9-13(10(2)19)14(18-15(20)17-9)11-5-3-4-6-12(11)21-8-7-16/h3-6,13-14H,1,8H2,2H3,(H2,17,18,20)/t13-,14-/m1/s1. The van der Waals surface area contributed by atoms with Crippen molar-refractivity contribution in [2.45, 2.75) is 13.0 Å². The first-order valence-electron chi connectivity index (χ1n) is 6.40. The molecule has 0 aliphatic carbocycles. The quantitative estimate of drug-likeness (QED) is 0.880. The number of rotatable bonds is 4. The van der Waals surface area contributed by atoms with Crippen LogP contribution in [0.1, 0.15) is 18.5 Å². The first-order valence-corrected chi connectivity index (χ1v) is 6.40. The molecule has 108 valence electrons. The van der Waals surface area contributed by atoms with Gasteiger partial charge in [-0.2, -0.15) is 5.26 Å². The van der Waals surface area contributed by atoms with Gasteiger partial charge in [-0.25, -0.2) is 4.79 Å². The minimum absolute atomic E-state index is 0.110. The van der Waals surface area contributed by atoms with Crippen LogP contribution < -0.4 is 15.4 Å². The summed E-state index contributed by atoms with van der Waals surface area (Å²) in [7, 11) is 0. The van der Waals surface area contributed by atoms with E-state index in [9.17, 15) is 9.59 Å². The highest BCUT2D eigenvalue weighted by atomic mass is 16.5. The first kappa shape index (κ1) is 14.6. The third-order valence-corrected chi connectivity index (χ3v) is 3.25. The van der Waals surface area contributed by atoms with E-state index < -0.39 is 18.0 Å². The average Bonchev–Trinajstić information content (AvgIpc) is 2.44. The Morgan fingerprint density at radius 2 is 2.19 bits per heavy atom. The van der Waals surface area contributed by atoms with Crippen LogP contribution in [-0.4, -0.2) is 18.4 Å². The summed E-state index contributed by atoms with van der Waals surface area (Å²) in [6, 6.07) is 7.89. The van der Waals surface area contributed by atoms with Gasteiger partial charge in [-0.05, 0) is 13.0 Å². The molecular formula is C15H15N3O3. The SMILES string of the molecule is C=C1NC(=O)N[C@H](c2ccccc2OCC#N)[C@H]1C(C)=O. The Kier molecular flexibility index (Phi) is 4.24. The highest BCUT2D eigenvalue weighted by Gasteiger charge is 2.37. The Morgan fingerprint density at radius 3 is 2.86 bits per heavy atom. The van der Waals surface area contributed by atoms with Crippen LogP contribution in [0.15, 0.2) is 36.5 Å². The maximum absolute atomic E-state index is 11.9. The molecule has 6 nitrogen and oxygen atoms in total. The van der Waals surface area contributed by atoms with Crippen molar-refractivity contribution in [3.05, 3.63) is 42.1 Å². The minimum atomic E-state index is -0.588. The van der Waals surface area contributed by atoms with Crippen molar-refractivity contribution in [3.63, 3.8) is 0 Å². The Labute approximate surface area is 122 Å². The van der Waals surface area contributed by atoms with Crippen LogP contribution in [0.5, 0.6) is 5.75 Å². The van der Waals surface area contributed by atoms with Crippen LogP contribution >= 0.6 is 0 Å². The number of para-hydroxylation sites is 1. The second kappa shape index (κ2) is 6.09. The third-order valence-electron chi connectivity index (χ3n) is 3.25. The molecule has 21 heavy (non-hydrogen) atoms. The van der Waals surface area contributed by atoms with Gasteiger partial charge in [0.1, 0.15) is 17.6 Å². The number of nitrogens with zero attached hydrogens (tertiary/aromatic N) is 1. The van der Waals surface area contributed by atoms with Crippen molar-refractivity contribution < 1.29 is 14.3 Å². The summed E-state index contributed by atoms with van der Waals surface area (Å²) in [5.74, 6) is -0.243. The Balaban J connectivity index is 2.42. The molecule has 2 amide bonds. The summed E-state index contributed by atoms with van der Waals surface area (Å²) in [4.78, 5) is 23.5. The number of Topliss-reactive ketones (excluding diaryl/α,β-unsaturated/α-hetero) is 1. The van der Waals surface area contributed by atoms with Crippen LogP contribution in [0.3, 0.4) is 0 Å². The maximum atomic E-state index is 11.9. The molecule has 0 spiro atoms. The van der Waals surface area contributed by atoms with Crippen LogP contribution in [0.4, 0.5) is 4.79 Å². The predicted molar refractivity (Wildman–Crippen MR) is 75.3 cm³/mol. The van der Waals surface area contributed by atoms with Crippen molar-refractivity contribution in [2.75, 3.05) is 6.61 Å². The number of carbonyl (C=O) groups is 2. The lowest BCUT2D eigenvalue weighted by Gasteiger charge is -2.33. The van der Waals surface area contributed by atoms with Crippen LogP contribution in [0, 0.1) is 17.2 Å². The van der Waals surface area contributed by atoms with Gasteiger partial charge in [0.25, 0.3) is 0 Å². The molecule has 1 saturated heterocycles. The van der Waals surface area contributed by atoms with Crippen molar-refractivity contribution in [3.8, 4) is 11.8 Å². The number of ether oxygens (including phenoxy) is 1. The number of ketones is 1. The van der Waals surface area contributed by atoms with Crippen LogP contribution in [0.25, 0.3) is 0 Å². The van der Waals surface area contributed by atoms with E-state index in [-0.39, 0.29) is 12.4 Å². The highest BCUT2D eigenvalue weighted by molar-refractivity contribution is 5.88. The number of hydrogen-bond donors (Lipinski definition) is 2. The Hall–Kier alpha value is -2.81. The van der Waals surface area contributed by atoms with Gasteiger partial charge >= 0.3 is 6.03 Å². The van der Waals surface area contributed by atoms with E-state index in [1.807, 2.05) is 6.07 Å². The fourth-order valence-corrected chi connectivity index (χ4v) is 2.40. The second-order valence-electron chi connectivity index (χ2n) is 4.67. The molecule has 1 fully saturated rings. The van der Waals surface area contributed by atoms with E-state index >= 15 is 0 Å². The number of nitrogens with one attached hydrogen (secondary N) is 2. The lowest BCUT2D eigenvalue weighted by molar-refractivity contribution is -0.120. The van der Waals surface area contributed by atoms with Crippen molar-refractivity contribution in [2.24, 2.45) is 5.92 Å². The summed E-state index contributed by atoms with van der Waals surface area (Å²) < 4.78 is 5.36. The average molecular weight is 285 g/mol. The molecule has 0 aromatic heterocycles. The smallest absolute Gasteiger partial charge is 0.319 e. The molecule has 2 atom stereocenters. The van der Waals surface area contributed by atoms with Gasteiger partial charge in [-0.15, -0.1) is 0 Å². The number of amides is 2. The molecule has 0 radical (unpaired) electrons. The van der Waals surface area contributed by atoms with Gasteiger partial charge in [0, 0.05) is 11.3 Å². The van der Waals surface area contributed by atoms with Gasteiger partial charge in [-0.1, -0.05) is 24.8 Å². The van der Waals surface area contributed by atoms with E-state index in [2.05, 4.69) is 17.2 Å². The van der Waals surface area contributed by atoms with Gasteiger partial charge in [-0.3, -0.25) is 4.79 Å². The molecule has 1 heterocycles. The Bertz CT molecular complexity index is 633. The molecule has 1 aromatic rings. The zero-order valence-corrected chi connectivity index (χ0v) is 11.6. The zero-order chi connectivity index (χ0) is 15.4. The number of carbonyl (C=O) groups excluding carboxylic acids is 2. The number of benzene rings is 1. The number of nitriles is 1. The molecule has 2 rings (SSSR count). The summed E-state index contributed by atoms with van der Waals surface area (Å²) in [5.41, 5.74) is 0.996. The molecule has 1 aromatic carbocycles. The molecule has 6 heteroatoms. The second-order valence-corrected chi connectivity index (χ2v) is 4.67. The van der Waals surface area contributed by atoms with E-state index in [4.69, 9.17) is 10.00 Å². The molecule has 0 unspecified atom stereocenters. The van der Waals surface area contributed by atoms with Gasteiger partial charge in [0.15, 0.2) is 6.61 Å². The van der Waals surface area contributed by atoms with Gasteiger partial charge < -0.3 is 15.4 Å². The van der Waals surface area contributed by atoms with E-state index in [0.717, 1.165) is 0 Å². The van der Waals surface area contributed by atoms with Crippen molar-refractivity contribution >= 4 is 11.8 Å². The topological polar surface area (TPSA) is 91.2 Å². The molecule has 1 aliphatic heterocycles. The third kappa shape index (κ3) is 3.03.